The molecule has 1 atom stereocenters. The van der Waals surface area contributed by atoms with Crippen molar-refractivity contribution in [2.24, 2.45) is 0 Å². The number of ether oxygens (including phenoxy) is 1. The van der Waals surface area contributed by atoms with Gasteiger partial charge in [0.2, 0.25) is 10.0 Å². The molecule has 0 fully saturated rings. The van der Waals surface area contributed by atoms with Gasteiger partial charge >= 0.3 is 5.97 Å². The lowest BCUT2D eigenvalue weighted by molar-refractivity contribution is -0.136. The minimum absolute atomic E-state index is 0.0746. The van der Waals surface area contributed by atoms with Gasteiger partial charge in [0.15, 0.2) is 0 Å². The molecule has 0 aromatic heterocycles. The van der Waals surface area contributed by atoms with Gasteiger partial charge in [0.05, 0.1) is 18.4 Å². The number of benzene rings is 1. The molecule has 20 heavy (non-hydrogen) atoms. The standard InChI is InChI=1S/C13H17NO5S/c1-4-9(2)14-20(17,18)12-6-5-11(19-3)7-10(12)8-13(15)16/h4-7,9,14H,1,8H2,2-3H3,(H,15,16). The first kappa shape index (κ1) is 16.2. The maximum absolute atomic E-state index is 12.2. The predicted octanol–water partition coefficient (Wildman–Crippen LogP) is 1.18. The zero-order valence-corrected chi connectivity index (χ0v) is 12.1. The minimum atomic E-state index is -3.81. The van der Waals surface area contributed by atoms with Crippen LogP contribution in [0.4, 0.5) is 0 Å². The molecule has 0 aliphatic heterocycles. The first-order valence-electron chi connectivity index (χ1n) is 5.83. The van der Waals surface area contributed by atoms with Gasteiger partial charge < -0.3 is 9.84 Å². The number of rotatable bonds is 7. The average molecular weight is 299 g/mol. The van der Waals surface area contributed by atoms with Crippen LogP contribution in [0.15, 0.2) is 35.7 Å². The van der Waals surface area contributed by atoms with E-state index in [0.717, 1.165) is 0 Å². The second-order valence-electron chi connectivity index (χ2n) is 4.19. The molecular weight excluding hydrogens is 282 g/mol. The van der Waals surface area contributed by atoms with E-state index in [0.29, 0.717) is 5.75 Å². The van der Waals surface area contributed by atoms with Crippen LogP contribution in [0.3, 0.4) is 0 Å². The normalized spacial score (nSPS) is 12.7. The predicted molar refractivity (Wildman–Crippen MR) is 74.3 cm³/mol. The van der Waals surface area contributed by atoms with Crippen molar-refractivity contribution < 1.29 is 23.1 Å². The number of hydrogen-bond acceptors (Lipinski definition) is 4. The molecule has 1 unspecified atom stereocenters. The molecule has 0 bridgehead atoms. The SMILES string of the molecule is C=CC(C)NS(=O)(=O)c1ccc(OC)cc1CC(=O)O. The smallest absolute Gasteiger partial charge is 0.307 e. The molecule has 0 spiro atoms. The second-order valence-corrected chi connectivity index (χ2v) is 5.87. The molecule has 0 heterocycles. The van der Waals surface area contributed by atoms with Crippen molar-refractivity contribution >= 4 is 16.0 Å². The van der Waals surface area contributed by atoms with Crippen LogP contribution < -0.4 is 9.46 Å². The zero-order chi connectivity index (χ0) is 15.3. The maximum atomic E-state index is 12.2. The summed E-state index contributed by atoms with van der Waals surface area (Å²) in [6, 6.07) is 3.74. The van der Waals surface area contributed by atoms with Gasteiger partial charge in [0.1, 0.15) is 5.75 Å². The van der Waals surface area contributed by atoms with Gasteiger partial charge in [-0.25, -0.2) is 13.1 Å². The van der Waals surface area contributed by atoms with Crippen molar-refractivity contribution in [2.45, 2.75) is 24.3 Å². The number of sulfonamides is 1. The molecule has 6 nitrogen and oxygen atoms in total. The van der Waals surface area contributed by atoms with Crippen LogP contribution in [0.1, 0.15) is 12.5 Å². The van der Waals surface area contributed by atoms with Gasteiger partial charge in [0, 0.05) is 6.04 Å². The number of hydrogen-bond donors (Lipinski definition) is 2. The van der Waals surface area contributed by atoms with Crippen molar-refractivity contribution in [3.63, 3.8) is 0 Å². The number of nitrogens with one attached hydrogen (secondary N) is 1. The molecule has 110 valence electrons. The molecule has 0 saturated heterocycles. The van der Waals surface area contributed by atoms with Crippen molar-refractivity contribution in [3.05, 3.63) is 36.4 Å². The van der Waals surface area contributed by atoms with Crippen LogP contribution in [0, 0.1) is 0 Å². The summed E-state index contributed by atoms with van der Waals surface area (Å²) in [5, 5.41) is 8.88. The Morgan fingerprint density at radius 1 is 1.55 bits per heavy atom. The highest BCUT2D eigenvalue weighted by molar-refractivity contribution is 7.89. The Morgan fingerprint density at radius 3 is 2.70 bits per heavy atom. The monoisotopic (exact) mass is 299 g/mol. The molecule has 2 N–H and O–H groups in total. The number of carbonyl (C=O) groups is 1. The van der Waals surface area contributed by atoms with E-state index in [-0.39, 0.29) is 10.5 Å². The summed E-state index contributed by atoms with van der Waals surface area (Å²) in [4.78, 5) is 10.8. The van der Waals surface area contributed by atoms with E-state index in [1.165, 1.54) is 31.4 Å². The summed E-state index contributed by atoms with van der Waals surface area (Å²) in [6.45, 7) is 5.13. The topological polar surface area (TPSA) is 92.7 Å². The van der Waals surface area contributed by atoms with Crippen LogP contribution in [0.2, 0.25) is 0 Å². The Bertz CT molecular complexity index is 609. The first-order chi connectivity index (χ1) is 9.30. The lowest BCUT2D eigenvalue weighted by Crippen LogP contribution is -2.31. The molecule has 1 aromatic rings. The van der Waals surface area contributed by atoms with Crippen LogP contribution in [-0.2, 0) is 21.2 Å². The van der Waals surface area contributed by atoms with E-state index in [9.17, 15) is 13.2 Å². The zero-order valence-electron chi connectivity index (χ0n) is 11.3. The number of carboxylic acid groups (broad SMARTS) is 1. The van der Waals surface area contributed by atoms with Crippen molar-refractivity contribution in [1.82, 2.24) is 4.72 Å². The quantitative estimate of drug-likeness (QED) is 0.737. The summed E-state index contributed by atoms with van der Waals surface area (Å²) in [5.41, 5.74) is 0.167. The Kier molecular flexibility index (Phi) is 5.29. The molecule has 0 amide bonds. The Labute approximate surface area is 118 Å². The largest absolute Gasteiger partial charge is 0.497 e. The molecule has 0 radical (unpaired) electrons. The molecule has 1 aromatic carbocycles. The summed E-state index contributed by atoms with van der Waals surface area (Å²) in [6.07, 6.45) is 1.04. The van der Waals surface area contributed by atoms with E-state index in [4.69, 9.17) is 9.84 Å². The average Bonchev–Trinajstić information content (AvgIpc) is 2.36. The lowest BCUT2D eigenvalue weighted by Gasteiger charge is -2.14. The molecule has 7 heteroatoms. The molecular formula is C13H17NO5S. The van der Waals surface area contributed by atoms with Gasteiger partial charge in [-0.05, 0) is 30.7 Å². The fraction of sp³-hybridized carbons (Fsp3) is 0.308. The highest BCUT2D eigenvalue weighted by Gasteiger charge is 2.21. The highest BCUT2D eigenvalue weighted by Crippen LogP contribution is 2.22. The van der Waals surface area contributed by atoms with E-state index in [1.807, 2.05) is 0 Å². The minimum Gasteiger partial charge on any atom is -0.497 e. The fourth-order valence-corrected chi connectivity index (χ4v) is 3.04. The van der Waals surface area contributed by atoms with E-state index < -0.39 is 28.5 Å². The summed E-state index contributed by atoms with van der Waals surface area (Å²) in [5.74, 6) is -0.719. The molecule has 1 rings (SSSR count). The van der Waals surface area contributed by atoms with E-state index >= 15 is 0 Å². The van der Waals surface area contributed by atoms with Crippen LogP contribution in [0.25, 0.3) is 0 Å². The third-order valence-corrected chi connectivity index (χ3v) is 4.25. The Balaban J connectivity index is 3.28. The number of carboxylic acids is 1. The number of aliphatic carboxylic acids is 1. The summed E-state index contributed by atoms with van der Waals surface area (Å²) >= 11 is 0. The third-order valence-electron chi connectivity index (χ3n) is 2.59. The van der Waals surface area contributed by atoms with E-state index in [1.54, 1.807) is 6.92 Å². The van der Waals surface area contributed by atoms with Gasteiger partial charge in [0.25, 0.3) is 0 Å². The van der Waals surface area contributed by atoms with Crippen molar-refractivity contribution in [3.8, 4) is 5.75 Å². The Morgan fingerprint density at radius 2 is 2.20 bits per heavy atom. The second kappa shape index (κ2) is 6.53. The molecule has 0 aliphatic rings. The Hall–Kier alpha value is -1.86. The van der Waals surface area contributed by atoms with Gasteiger partial charge in [-0.15, -0.1) is 6.58 Å². The van der Waals surface area contributed by atoms with Gasteiger partial charge in [-0.2, -0.15) is 0 Å². The summed E-state index contributed by atoms with van der Waals surface area (Å²) < 4.78 is 31.8. The third kappa shape index (κ3) is 4.07. The lowest BCUT2D eigenvalue weighted by atomic mass is 10.1. The maximum Gasteiger partial charge on any atom is 0.307 e. The number of methoxy groups -OCH3 is 1. The molecule has 0 aliphatic carbocycles. The first-order valence-corrected chi connectivity index (χ1v) is 7.32. The van der Waals surface area contributed by atoms with E-state index in [2.05, 4.69) is 11.3 Å². The molecule has 0 saturated carbocycles. The van der Waals surface area contributed by atoms with Gasteiger partial charge in [-0.3, -0.25) is 4.79 Å². The van der Waals surface area contributed by atoms with Crippen LogP contribution >= 0.6 is 0 Å². The van der Waals surface area contributed by atoms with Crippen LogP contribution in [0.5, 0.6) is 5.75 Å². The fourth-order valence-electron chi connectivity index (χ4n) is 1.60. The van der Waals surface area contributed by atoms with Crippen molar-refractivity contribution in [1.29, 1.82) is 0 Å². The van der Waals surface area contributed by atoms with Gasteiger partial charge in [-0.1, -0.05) is 6.08 Å². The highest BCUT2D eigenvalue weighted by atomic mass is 32.2. The van der Waals surface area contributed by atoms with Crippen molar-refractivity contribution in [2.75, 3.05) is 7.11 Å². The van der Waals surface area contributed by atoms with Crippen LogP contribution in [-0.4, -0.2) is 32.6 Å². The summed E-state index contributed by atoms with van der Waals surface area (Å²) in [7, 11) is -2.39.